The molecule has 0 aliphatic carbocycles. The van der Waals surface area contributed by atoms with Gasteiger partial charge in [0, 0.05) is 19.6 Å². The van der Waals surface area contributed by atoms with Crippen molar-refractivity contribution in [2.75, 3.05) is 20.2 Å². The highest BCUT2D eigenvalue weighted by atomic mass is 32.2. The molecule has 0 aliphatic rings. The number of rotatable bonds is 8. The average molecular weight is 342 g/mol. The molecule has 23 heavy (non-hydrogen) atoms. The number of nitrogens with two attached hydrogens (primary N) is 1. The van der Waals surface area contributed by atoms with Crippen molar-refractivity contribution in [2.24, 2.45) is 11.7 Å². The fourth-order valence-electron chi connectivity index (χ4n) is 1.94. The van der Waals surface area contributed by atoms with Crippen molar-refractivity contribution in [2.45, 2.75) is 38.1 Å². The highest BCUT2D eigenvalue weighted by Gasteiger charge is 2.22. The molecule has 0 spiro atoms. The number of hydrogen-bond donors (Lipinski definition) is 1. The van der Waals surface area contributed by atoms with E-state index in [4.69, 9.17) is 10.5 Å². The molecule has 1 aromatic rings. The van der Waals surface area contributed by atoms with Gasteiger partial charge >= 0.3 is 5.97 Å². The van der Waals surface area contributed by atoms with Crippen LogP contribution in [0.15, 0.2) is 29.2 Å². The first-order chi connectivity index (χ1) is 10.7. The van der Waals surface area contributed by atoms with Crippen molar-refractivity contribution in [1.82, 2.24) is 4.31 Å². The molecule has 0 amide bonds. The minimum atomic E-state index is -3.59. The van der Waals surface area contributed by atoms with E-state index >= 15 is 0 Å². The first-order valence-corrected chi connectivity index (χ1v) is 9.13. The highest BCUT2D eigenvalue weighted by Crippen LogP contribution is 2.17. The number of hydrogen-bond acceptors (Lipinski definition) is 5. The zero-order chi connectivity index (χ0) is 17.6. The first kappa shape index (κ1) is 19.6. The van der Waals surface area contributed by atoms with Gasteiger partial charge in [-0.05, 0) is 43.5 Å². The Kier molecular flexibility index (Phi) is 7.18. The summed E-state index contributed by atoms with van der Waals surface area (Å²) in [4.78, 5) is 11.7. The molecular weight excluding hydrogens is 316 g/mol. The molecule has 0 aromatic heterocycles. The Morgan fingerprint density at radius 2 is 1.83 bits per heavy atom. The molecule has 0 radical (unpaired) electrons. The quantitative estimate of drug-likeness (QED) is 0.728. The Morgan fingerprint density at radius 1 is 1.26 bits per heavy atom. The molecular formula is C16H26N2O4S. The van der Waals surface area contributed by atoms with Gasteiger partial charge in [-0.25, -0.2) is 17.5 Å². The summed E-state index contributed by atoms with van der Waals surface area (Å²) in [5, 5.41) is 0. The SMILES string of the molecule is CCOC(=O)c1ccc(S(=O)(=O)N(C)CCC(N)C(C)C)cc1. The number of nitrogens with zero attached hydrogens (tertiary/aromatic N) is 1. The zero-order valence-electron chi connectivity index (χ0n) is 14.2. The number of benzene rings is 1. The Bertz CT molecular complexity index is 611. The lowest BCUT2D eigenvalue weighted by Gasteiger charge is -2.21. The topological polar surface area (TPSA) is 89.7 Å². The first-order valence-electron chi connectivity index (χ1n) is 7.69. The Morgan fingerprint density at radius 3 is 2.30 bits per heavy atom. The second-order valence-corrected chi connectivity index (χ2v) is 7.81. The van der Waals surface area contributed by atoms with Gasteiger partial charge in [0.15, 0.2) is 0 Å². The third kappa shape index (κ3) is 5.30. The summed E-state index contributed by atoms with van der Waals surface area (Å²) < 4.78 is 31.1. The molecule has 1 atom stereocenters. The second-order valence-electron chi connectivity index (χ2n) is 5.77. The summed E-state index contributed by atoms with van der Waals surface area (Å²) in [6.45, 7) is 6.35. The van der Waals surface area contributed by atoms with E-state index in [0.717, 1.165) is 0 Å². The predicted molar refractivity (Wildman–Crippen MR) is 89.6 cm³/mol. The van der Waals surface area contributed by atoms with Crippen LogP contribution in [0.1, 0.15) is 37.6 Å². The third-order valence-corrected chi connectivity index (χ3v) is 5.58. The van der Waals surface area contributed by atoms with Crippen LogP contribution < -0.4 is 5.73 Å². The van der Waals surface area contributed by atoms with Crippen molar-refractivity contribution in [3.05, 3.63) is 29.8 Å². The summed E-state index contributed by atoms with van der Waals surface area (Å²) in [5.74, 6) is -0.164. The maximum Gasteiger partial charge on any atom is 0.338 e. The molecule has 0 fully saturated rings. The zero-order valence-corrected chi connectivity index (χ0v) is 15.0. The molecule has 130 valence electrons. The third-order valence-electron chi connectivity index (χ3n) is 3.71. The van der Waals surface area contributed by atoms with Crippen molar-refractivity contribution < 1.29 is 17.9 Å². The summed E-state index contributed by atoms with van der Waals surface area (Å²) in [7, 11) is -2.06. The number of sulfonamides is 1. The van der Waals surface area contributed by atoms with E-state index in [0.29, 0.717) is 24.4 Å². The summed E-state index contributed by atoms with van der Waals surface area (Å²) in [5.41, 5.74) is 6.28. The predicted octanol–water partition coefficient (Wildman–Crippen LogP) is 1.86. The van der Waals surface area contributed by atoms with E-state index in [9.17, 15) is 13.2 Å². The minimum absolute atomic E-state index is 0.0427. The van der Waals surface area contributed by atoms with Crippen LogP contribution in [-0.4, -0.2) is 44.9 Å². The van der Waals surface area contributed by atoms with Crippen molar-refractivity contribution in [3.63, 3.8) is 0 Å². The van der Waals surface area contributed by atoms with Gasteiger partial charge in [0.2, 0.25) is 10.0 Å². The number of carbonyl (C=O) groups is 1. The van der Waals surface area contributed by atoms with Gasteiger partial charge in [0.25, 0.3) is 0 Å². The molecule has 2 N–H and O–H groups in total. The van der Waals surface area contributed by atoms with Crippen molar-refractivity contribution in [3.8, 4) is 0 Å². The van der Waals surface area contributed by atoms with E-state index in [1.807, 2.05) is 13.8 Å². The second kappa shape index (κ2) is 8.42. The van der Waals surface area contributed by atoms with Gasteiger partial charge in [0.05, 0.1) is 17.1 Å². The van der Waals surface area contributed by atoms with Crippen LogP contribution in [0.2, 0.25) is 0 Å². The molecule has 7 heteroatoms. The molecule has 6 nitrogen and oxygen atoms in total. The average Bonchev–Trinajstić information content (AvgIpc) is 2.52. The van der Waals surface area contributed by atoms with Crippen LogP contribution in [0, 0.1) is 5.92 Å². The van der Waals surface area contributed by atoms with Gasteiger partial charge in [-0.1, -0.05) is 13.8 Å². The van der Waals surface area contributed by atoms with E-state index in [1.54, 1.807) is 6.92 Å². The van der Waals surface area contributed by atoms with Crippen LogP contribution in [0.4, 0.5) is 0 Å². The van der Waals surface area contributed by atoms with Crippen LogP contribution in [0.3, 0.4) is 0 Å². The molecule has 1 aromatic carbocycles. The monoisotopic (exact) mass is 342 g/mol. The standard InChI is InChI=1S/C16H26N2O4S/c1-5-22-16(19)13-6-8-14(9-7-13)23(20,21)18(4)11-10-15(17)12(2)3/h6-9,12,15H,5,10-11,17H2,1-4H3. The van der Waals surface area contributed by atoms with Crippen LogP contribution in [0.5, 0.6) is 0 Å². The lowest BCUT2D eigenvalue weighted by atomic mass is 10.0. The van der Waals surface area contributed by atoms with Gasteiger partial charge in [-0.15, -0.1) is 0 Å². The highest BCUT2D eigenvalue weighted by molar-refractivity contribution is 7.89. The molecule has 0 aliphatic heterocycles. The minimum Gasteiger partial charge on any atom is -0.462 e. The van der Waals surface area contributed by atoms with Crippen molar-refractivity contribution >= 4 is 16.0 Å². The summed E-state index contributed by atoms with van der Waals surface area (Å²) in [6, 6.07) is 5.71. The lowest BCUT2D eigenvalue weighted by molar-refractivity contribution is 0.0526. The summed E-state index contributed by atoms with van der Waals surface area (Å²) >= 11 is 0. The smallest absolute Gasteiger partial charge is 0.338 e. The molecule has 1 unspecified atom stereocenters. The number of ether oxygens (including phenoxy) is 1. The molecule has 0 saturated heterocycles. The number of carbonyl (C=O) groups excluding carboxylic acids is 1. The Hall–Kier alpha value is -1.44. The van der Waals surface area contributed by atoms with E-state index in [1.165, 1.54) is 35.6 Å². The van der Waals surface area contributed by atoms with Crippen molar-refractivity contribution in [1.29, 1.82) is 0 Å². The molecule has 0 heterocycles. The van der Waals surface area contributed by atoms with E-state index in [-0.39, 0.29) is 17.5 Å². The fraction of sp³-hybridized carbons (Fsp3) is 0.562. The van der Waals surface area contributed by atoms with Crippen LogP contribution in [-0.2, 0) is 14.8 Å². The Balaban J connectivity index is 2.81. The van der Waals surface area contributed by atoms with Crippen LogP contribution in [0.25, 0.3) is 0 Å². The van der Waals surface area contributed by atoms with Gasteiger partial charge in [0.1, 0.15) is 0 Å². The molecule has 0 saturated carbocycles. The Labute approximate surface area is 138 Å². The largest absolute Gasteiger partial charge is 0.462 e. The van der Waals surface area contributed by atoms with E-state index < -0.39 is 16.0 Å². The van der Waals surface area contributed by atoms with Crippen LogP contribution >= 0.6 is 0 Å². The lowest BCUT2D eigenvalue weighted by Crippen LogP contribution is -2.34. The fourth-order valence-corrected chi connectivity index (χ4v) is 3.13. The van der Waals surface area contributed by atoms with E-state index in [2.05, 4.69) is 0 Å². The normalized spacial score (nSPS) is 13.3. The maximum absolute atomic E-state index is 12.5. The maximum atomic E-state index is 12.5. The molecule has 1 rings (SSSR count). The molecule has 0 bridgehead atoms. The van der Waals surface area contributed by atoms with Gasteiger partial charge in [-0.2, -0.15) is 0 Å². The summed E-state index contributed by atoms with van der Waals surface area (Å²) in [6.07, 6.45) is 0.592. The van der Waals surface area contributed by atoms with Gasteiger partial charge < -0.3 is 10.5 Å². The van der Waals surface area contributed by atoms with Gasteiger partial charge in [-0.3, -0.25) is 0 Å². The number of esters is 1.